The van der Waals surface area contributed by atoms with E-state index in [9.17, 15) is 20.0 Å². The Morgan fingerprint density at radius 3 is 1.31 bits per heavy atom. The van der Waals surface area contributed by atoms with Crippen LogP contribution in [0.15, 0.2) is 92.6 Å². The van der Waals surface area contributed by atoms with Crippen molar-refractivity contribution in [3.05, 3.63) is 157 Å². The number of fused-ring (bicyclic) bond motifs is 4. The third-order valence-electron chi connectivity index (χ3n) is 9.86. The second-order valence-corrected chi connectivity index (χ2v) is 15.4. The van der Waals surface area contributed by atoms with Crippen LogP contribution in [0.1, 0.15) is 58.3 Å². The largest absolute Gasteiger partial charge is 0.428 e. The van der Waals surface area contributed by atoms with Gasteiger partial charge in [-0.15, -0.1) is 0 Å². The van der Waals surface area contributed by atoms with E-state index in [0.29, 0.717) is 41.5 Å². The fraction of sp³-hybridized carbons (Fsp3) is 0.158. The summed E-state index contributed by atoms with van der Waals surface area (Å²) in [6.45, 7) is 0. The summed E-state index contributed by atoms with van der Waals surface area (Å²) in [6, 6.07) is 19.9. The Labute approximate surface area is 325 Å². The minimum Gasteiger partial charge on any atom is -0.428 e. The van der Waals surface area contributed by atoms with E-state index in [1.54, 1.807) is 48.5 Å². The maximum absolute atomic E-state index is 14.2. The standard InChI is InChI=1S/C38H24Cl6N4O4/c39-21-3-7-31-23(15-21)37(49)35-29(11-19(13-33(35)47(31)51)17-1-5-25(41)27(43)9-17)45-46-30-12-20(18-2-6-26(42)28(44)10-18)14-34-36(30)38(50)24-16-22(40)4-8-32(24)48(34)52/h1-10,15-16,19-20,51-52H,11-14H2/b45-29+,46-30+. The Morgan fingerprint density at radius 2 is 0.923 bits per heavy atom. The third kappa shape index (κ3) is 5.96. The van der Waals surface area contributed by atoms with E-state index < -0.39 is 0 Å². The average Bonchev–Trinajstić information content (AvgIpc) is 3.13. The third-order valence-corrected chi connectivity index (χ3v) is 11.8. The van der Waals surface area contributed by atoms with Crippen LogP contribution in [0.25, 0.3) is 21.8 Å². The van der Waals surface area contributed by atoms with E-state index in [4.69, 9.17) is 79.8 Å². The number of hydrogen-bond acceptors (Lipinski definition) is 6. The highest BCUT2D eigenvalue weighted by Gasteiger charge is 2.34. The molecule has 262 valence electrons. The zero-order valence-electron chi connectivity index (χ0n) is 26.7. The van der Waals surface area contributed by atoms with Crippen LogP contribution in [-0.2, 0) is 12.8 Å². The summed E-state index contributed by atoms with van der Waals surface area (Å²) in [5.74, 6) is -0.570. The molecule has 2 N–H and O–H groups in total. The molecule has 2 atom stereocenters. The summed E-state index contributed by atoms with van der Waals surface area (Å²) >= 11 is 37.9. The second-order valence-electron chi connectivity index (χ2n) is 12.9. The zero-order valence-corrected chi connectivity index (χ0v) is 31.2. The van der Waals surface area contributed by atoms with Gasteiger partial charge in [0.05, 0.1) is 75.8 Å². The number of benzene rings is 4. The number of rotatable bonds is 3. The first-order chi connectivity index (χ1) is 24.9. The van der Waals surface area contributed by atoms with Gasteiger partial charge >= 0.3 is 0 Å². The second kappa shape index (κ2) is 13.4. The van der Waals surface area contributed by atoms with Gasteiger partial charge in [0.25, 0.3) is 0 Å². The minimum atomic E-state index is -0.375. The molecule has 2 aliphatic rings. The molecule has 0 radical (unpaired) electrons. The first-order valence-corrected chi connectivity index (χ1v) is 18.3. The van der Waals surface area contributed by atoms with E-state index in [1.165, 1.54) is 12.1 Å². The molecule has 0 spiro atoms. The number of nitrogens with zero attached hydrogens (tertiary/aromatic N) is 4. The van der Waals surface area contributed by atoms with Crippen LogP contribution < -0.4 is 10.9 Å². The number of halogens is 6. The van der Waals surface area contributed by atoms with Crippen LogP contribution in [0, 0.1) is 0 Å². The van der Waals surface area contributed by atoms with Crippen LogP contribution in [0.2, 0.25) is 30.1 Å². The summed E-state index contributed by atoms with van der Waals surface area (Å²) in [7, 11) is 0. The Hall–Kier alpha value is -4.02. The van der Waals surface area contributed by atoms with Crippen molar-refractivity contribution < 1.29 is 10.4 Å². The number of pyridine rings is 2. The molecule has 0 aliphatic heterocycles. The maximum Gasteiger partial charge on any atom is 0.199 e. The minimum absolute atomic E-state index is 0.180. The number of hydrogen-bond donors (Lipinski definition) is 2. The van der Waals surface area contributed by atoms with Crippen molar-refractivity contribution >= 4 is 103 Å². The van der Waals surface area contributed by atoms with Crippen molar-refractivity contribution in [2.45, 2.75) is 37.5 Å². The maximum atomic E-state index is 14.2. The van der Waals surface area contributed by atoms with Gasteiger partial charge in [-0.05, 0) is 109 Å². The van der Waals surface area contributed by atoms with Gasteiger partial charge in [-0.2, -0.15) is 19.7 Å². The molecule has 8 rings (SSSR count). The smallest absolute Gasteiger partial charge is 0.199 e. The fourth-order valence-electron chi connectivity index (χ4n) is 7.34. The molecular formula is C38H24Cl6N4O4. The molecule has 0 saturated carbocycles. The van der Waals surface area contributed by atoms with Crippen molar-refractivity contribution in [3.63, 3.8) is 0 Å². The quantitative estimate of drug-likeness (QED) is 0.137. The van der Waals surface area contributed by atoms with Gasteiger partial charge in [-0.3, -0.25) is 9.59 Å². The Morgan fingerprint density at radius 1 is 0.519 bits per heavy atom. The topological polar surface area (TPSA) is 109 Å². The molecule has 2 aromatic heterocycles. The summed E-state index contributed by atoms with van der Waals surface area (Å²) in [5, 5.41) is 35.0. The molecule has 2 aliphatic carbocycles. The van der Waals surface area contributed by atoms with Crippen molar-refractivity contribution in [2.24, 2.45) is 10.2 Å². The lowest BCUT2D eigenvalue weighted by atomic mass is 9.80. The van der Waals surface area contributed by atoms with E-state index >= 15 is 0 Å². The average molecular weight is 813 g/mol. The highest BCUT2D eigenvalue weighted by molar-refractivity contribution is 6.42. The van der Waals surface area contributed by atoms with Crippen molar-refractivity contribution in [1.82, 2.24) is 9.46 Å². The molecule has 14 heteroatoms. The fourth-order valence-corrected chi connectivity index (χ4v) is 8.30. The lowest BCUT2D eigenvalue weighted by molar-refractivity contribution is 0.185. The molecule has 52 heavy (non-hydrogen) atoms. The highest BCUT2D eigenvalue weighted by atomic mass is 35.5. The first-order valence-electron chi connectivity index (χ1n) is 16.1. The van der Waals surface area contributed by atoms with Gasteiger partial charge < -0.3 is 10.4 Å². The van der Waals surface area contributed by atoms with E-state index in [1.807, 2.05) is 12.1 Å². The lowest BCUT2D eigenvalue weighted by Crippen LogP contribution is -2.32. The summed E-state index contributed by atoms with van der Waals surface area (Å²) in [6.07, 6.45) is 1.03. The van der Waals surface area contributed by atoms with Crippen molar-refractivity contribution in [3.8, 4) is 0 Å². The molecule has 2 unspecified atom stereocenters. The van der Waals surface area contributed by atoms with E-state index in [-0.39, 0.29) is 92.7 Å². The SMILES string of the molecule is O=c1c2c(n(O)c3ccc(Cl)cc13)CC(c1ccc(Cl)c(Cl)c1)C/C2=N\N=C1/CC(c2ccc(Cl)c(Cl)c2)Cc2c1c(=O)c1cc(Cl)ccc1n2O. The molecule has 2 heterocycles. The summed E-state index contributed by atoms with van der Waals surface area (Å²) < 4.78 is 1.98. The molecular weight excluding hydrogens is 789 g/mol. The predicted octanol–water partition coefficient (Wildman–Crippen LogP) is 10.4. The van der Waals surface area contributed by atoms with Crippen LogP contribution in [0.5, 0.6) is 0 Å². The molecule has 0 bridgehead atoms. The van der Waals surface area contributed by atoms with Crippen LogP contribution in [0.4, 0.5) is 0 Å². The van der Waals surface area contributed by atoms with Crippen LogP contribution >= 0.6 is 69.6 Å². The molecule has 0 amide bonds. The van der Waals surface area contributed by atoms with Gasteiger partial charge in [0.2, 0.25) is 0 Å². The van der Waals surface area contributed by atoms with Gasteiger partial charge in [-0.1, -0.05) is 81.7 Å². The number of aromatic nitrogens is 2. The Bertz CT molecular complexity index is 2520. The molecule has 0 fully saturated rings. The summed E-state index contributed by atoms with van der Waals surface area (Å²) in [5.41, 5.74) is 3.05. The predicted molar refractivity (Wildman–Crippen MR) is 209 cm³/mol. The molecule has 0 saturated heterocycles. The molecule has 6 aromatic rings. The van der Waals surface area contributed by atoms with Crippen LogP contribution in [-0.4, -0.2) is 31.3 Å². The van der Waals surface area contributed by atoms with Crippen molar-refractivity contribution in [2.75, 3.05) is 0 Å². The monoisotopic (exact) mass is 810 g/mol. The summed E-state index contributed by atoms with van der Waals surface area (Å²) in [4.78, 5) is 28.4. The lowest BCUT2D eigenvalue weighted by Gasteiger charge is -2.28. The van der Waals surface area contributed by atoms with Crippen LogP contribution in [0.3, 0.4) is 0 Å². The Balaban J connectivity index is 1.37. The van der Waals surface area contributed by atoms with E-state index in [2.05, 4.69) is 0 Å². The Kier molecular flexibility index (Phi) is 9.05. The van der Waals surface area contributed by atoms with Gasteiger partial charge in [0.15, 0.2) is 10.9 Å². The highest BCUT2D eigenvalue weighted by Crippen LogP contribution is 2.38. The van der Waals surface area contributed by atoms with Crippen molar-refractivity contribution in [1.29, 1.82) is 0 Å². The normalized spacial score (nSPS) is 18.7. The van der Waals surface area contributed by atoms with Gasteiger partial charge in [0.1, 0.15) is 0 Å². The van der Waals surface area contributed by atoms with E-state index in [0.717, 1.165) is 20.6 Å². The molecule has 4 aromatic carbocycles. The van der Waals surface area contributed by atoms with Gasteiger partial charge in [0, 0.05) is 10.0 Å². The van der Waals surface area contributed by atoms with Gasteiger partial charge in [-0.25, -0.2) is 0 Å². The molecule has 8 nitrogen and oxygen atoms in total. The zero-order chi connectivity index (χ0) is 36.6. The first kappa shape index (κ1) is 35.0.